The van der Waals surface area contributed by atoms with Crippen molar-refractivity contribution in [3.05, 3.63) is 118 Å². The number of fused-ring (bicyclic) bond motifs is 1. The van der Waals surface area contributed by atoms with Crippen LogP contribution in [0.25, 0.3) is 27.7 Å². The molecule has 1 saturated heterocycles. The first-order valence-corrected chi connectivity index (χ1v) is 17.1. The molecule has 1 aliphatic rings. The predicted molar refractivity (Wildman–Crippen MR) is 179 cm³/mol. The number of pyridine rings is 1. The van der Waals surface area contributed by atoms with Crippen LogP contribution in [-0.2, 0) is 20.3 Å². The fraction of sp³-hybridized carbons (Fsp3) is 0.257. The smallest absolute Gasteiger partial charge is 0.272 e. The molecule has 0 spiro atoms. The van der Waals surface area contributed by atoms with E-state index in [1.54, 1.807) is 42.0 Å². The quantitative estimate of drug-likeness (QED) is 0.261. The molecule has 6 rings (SSSR count). The lowest BCUT2D eigenvalue weighted by Gasteiger charge is -2.30. The second-order valence-corrected chi connectivity index (χ2v) is 13.7. The van der Waals surface area contributed by atoms with Gasteiger partial charge in [-0.1, -0.05) is 48.5 Å². The summed E-state index contributed by atoms with van der Waals surface area (Å²) >= 11 is 0. The van der Waals surface area contributed by atoms with Crippen LogP contribution in [0, 0.1) is 6.92 Å². The third-order valence-corrected chi connectivity index (χ3v) is 8.89. The van der Waals surface area contributed by atoms with Gasteiger partial charge < -0.3 is 15.0 Å². The predicted octanol–water partition coefficient (Wildman–Crippen LogP) is 4.63. The molecule has 0 bridgehead atoms. The molecule has 1 atom stereocenters. The lowest BCUT2D eigenvalue weighted by molar-refractivity contribution is 0.0932. The van der Waals surface area contributed by atoms with Crippen molar-refractivity contribution in [2.24, 2.45) is 0 Å². The first-order chi connectivity index (χ1) is 22.1. The number of carbonyl (C=O) groups is 1. The number of aromatic nitrogens is 3. The second-order valence-electron chi connectivity index (χ2n) is 11.5. The number of ether oxygens (including phenoxy) is 1. The van der Waals surface area contributed by atoms with Gasteiger partial charge in [0, 0.05) is 36.3 Å². The molecule has 0 saturated carbocycles. The molecule has 1 aliphatic heterocycles. The summed E-state index contributed by atoms with van der Waals surface area (Å²) in [4.78, 5) is 39.4. The molecule has 3 aromatic carbocycles. The molecule has 46 heavy (non-hydrogen) atoms. The van der Waals surface area contributed by atoms with E-state index in [4.69, 9.17) is 4.74 Å². The molecule has 0 unspecified atom stereocenters. The molecule has 10 nitrogen and oxygen atoms in total. The molecule has 5 aromatic rings. The van der Waals surface area contributed by atoms with Crippen LogP contribution in [0.1, 0.15) is 40.4 Å². The lowest BCUT2D eigenvalue weighted by atomic mass is 10.0. The van der Waals surface area contributed by atoms with Crippen LogP contribution < -0.4 is 15.8 Å². The zero-order chi connectivity index (χ0) is 32.4. The maximum Gasteiger partial charge on any atom is 0.272 e. The number of nitrogens with one attached hydrogen (secondary N) is 1. The standard InChI is InChI=1S/C35H35N5O5S/c1-23(37-34(41)33-24(2)36-21-29(38-33)26-10-7-9-25(19-26)22-46(3,43)44)31-20-27-11-8-14-30(39-15-17-45-18-16-39)32(27)35(42)40(31)28-12-5-4-6-13-28/h4-14,19-21,23H,15-18,22H2,1-3H3,(H,37,41)/t23-/m0/s1. The highest BCUT2D eigenvalue weighted by Gasteiger charge is 2.23. The van der Waals surface area contributed by atoms with Crippen LogP contribution in [-0.4, -0.2) is 61.4 Å². The Labute approximate surface area is 267 Å². The van der Waals surface area contributed by atoms with Gasteiger partial charge >= 0.3 is 0 Å². The maximum absolute atomic E-state index is 14.4. The Morgan fingerprint density at radius 3 is 2.48 bits per heavy atom. The third kappa shape index (κ3) is 6.56. The van der Waals surface area contributed by atoms with E-state index in [2.05, 4.69) is 20.2 Å². The number of hydrogen-bond acceptors (Lipinski definition) is 8. The van der Waals surface area contributed by atoms with Crippen LogP contribution in [0.3, 0.4) is 0 Å². The van der Waals surface area contributed by atoms with Crippen molar-refractivity contribution < 1.29 is 17.9 Å². The van der Waals surface area contributed by atoms with Crippen LogP contribution in [0.15, 0.2) is 89.9 Å². The Morgan fingerprint density at radius 2 is 1.74 bits per heavy atom. The minimum atomic E-state index is -3.23. The molecule has 11 heteroatoms. The number of hydrogen-bond donors (Lipinski definition) is 1. The van der Waals surface area contributed by atoms with Gasteiger partial charge in [-0.2, -0.15) is 0 Å². The summed E-state index contributed by atoms with van der Waals surface area (Å²) < 4.78 is 30.9. The van der Waals surface area contributed by atoms with E-state index >= 15 is 0 Å². The Bertz CT molecular complexity index is 2090. The largest absolute Gasteiger partial charge is 0.378 e. The van der Waals surface area contributed by atoms with Crippen molar-refractivity contribution in [3.8, 4) is 16.9 Å². The summed E-state index contributed by atoms with van der Waals surface area (Å²) in [6, 6.07) is 23.6. The number of anilines is 1. The summed E-state index contributed by atoms with van der Waals surface area (Å²) in [5.41, 5.74) is 4.29. The van der Waals surface area contributed by atoms with Crippen LogP contribution in [0.2, 0.25) is 0 Å². The van der Waals surface area contributed by atoms with Crippen molar-refractivity contribution in [1.82, 2.24) is 19.9 Å². The minimum Gasteiger partial charge on any atom is -0.378 e. The Hall–Kier alpha value is -4.87. The normalized spacial score (nSPS) is 14.3. The van der Waals surface area contributed by atoms with Crippen molar-refractivity contribution >= 4 is 32.2 Å². The molecule has 3 heterocycles. The number of aryl methyl sites for hydroxylation is 1. The summed E-state index contributed by atoms with van der Waals surface area (Å²) in [6.07, 6.45) is 2.75. The van der Waals surface area contributed by atoms with E-state index in [9.17, 15) is 18.0 Å². The molecule has 1 N–H and O–H groups in total. The Morgan fingerprint density at radius 1 is 1.00 bits per heavy atom. The van der Waals surface area contributed by atoms with Crippen molar-refractivity contribution in [2.45, 2.75) is 25.6 Å². The highest BCUT2D eigenvalue weighted by Crippen LogP contribution is 2.29. The molecule has 0 aliphatic carbocycles. The van der Waals surface area contributed by atoms with Crippen molar-refractivity contribution in [3.63, 3.8) is 0 Å². The van der Waals surface area contributed by atoms with Gasteiger partial charge in [0.15, 0.2) is 9.84 Å². The number of sulfone groups is 1. The number of amides is 1. The number of morpholine rings is 1. The molecule has 1 fully saturated rings. The summed E-state index contributed by atoms with van der Waals surface area (Å²) in [5.74, 6) is -0.547. The van der Waals surface area contributed by atoms with Gasteiger partial charge in [0.2, 0.25) is 0 Å². The number of carbonyl (C=O) groups excluding carboxylic acids is 1. The van der Waals surface area contributed by atoms with Gasteiger partial charge in [-0.05, 0) is 55.1 Å². The number of nitrogens with zero attached hydrogens (tertiary/aromatic N) is 4. The van der Waals surface area contributed by atoms with Gasteiger partial charge in [0.1, 0.15) is 5.69 Å². The number of benzene rings is 3. The number of rotatable bonds is 8. The average molecular weight is 638 g/mol. The van der Waals surface area contributed by atoms with E-state index in [-0.39, 0.29) is 17.0 Å². The van der Waals surface area contributed by atoms with Gasteiger partial charge in [-0.15, -0.1) is 0 Å². The van der Waals surface area contributed by atoms with E-state index in [1.807, 2.05) is 61.5 Å². The Kier molecular flexibility index (Phi) is 8.70. The minimum absolute atomic E-state index is 0.103. The molecule has 1 amide bonds. The monoisotopic (exact) mass is 637 g/mol. The summed E-state index contributed by atoms with van der Waals surface area (Å²) in [5, 5.41) is 4.44. The summed E-state index contributed by atoms with van der Waals surface area (Å²) in [7, 11) is -3.23. The first kappa shape index (κ1) is 31.1. The Balaban J connectivity index is 1.38. The number of para-hydroxylation sites is 1. The third-order valence-electron chi connectivity index (χ3n) is 8.03. The zero-order valence-electron chi connectivity index (χ0n) is 25.9. The zero-order valence-corrected chi connectivity index (χ0v) is 26.8. The highest BCUT2D eigenvalue weighted by atomic mass is 32.2. The fourth-order valence-corrected chi connectivity index (χ4v) is 6.64. The summed E-state index contributed by atoms with van der Waals surface area (Å²) in [6.45, 7) is 6.13. The first-order valence-electron chi connectivity index (χ1n) is 15.1. The van der Waals surface area contributed by atoms with Gasteiger partial charge in [-0.25, -0.2) is 13.4 Å². The topological polar surface area (TPSA) is 123 Å². The maximum atomic E-state index is 14.4. The van der Waals surface area contributed by atoms with Gasteiger partial charge in [-0.3, -0.25) is 19.1 Å². The van der Waals surface area contributed by atoms with Crippen LogP contribution in [0.4, 0.5) is 5.69 Å². The lowest BCUT2D eigenvalue weighted by Crippen LogP contribution is -2.37. The molecular formula is C35H35N5O5S. The highest BCUT2D eigenvalue weighted by molar-refractivity contribution is 7.89. The average Bonchev–Trinajstić information content (AvgIpc) is 3.04. The molecule has 236 valence electrons. The van der Waals surface area contributed by atoms with E-state index in [0.29, 0.717) is 65.6 Å². The van der Waals surface area contributed by atoms with Crippen LogP contribution in [0.5, 0.6) is 0 Å². The fourth-order valence-electron chi connectivity index (χ4n) is 5.86. The van der Waals surface area contributed by atoms with E-state index < -0.39 is 21.8 Å². The van der Waals surface area contributed by atoms with Crippen LogP contribution >= 0.6 is 0 Å². The SMILES string of the molecule is Cc1ncc(-c2cccc(CS(C)(=O)=O)c2)nc1C(=O)N[C@@H](C)c1cc2cccc(N3CCOCC3)c2c(=O)n1-c1ccccc1. The van der Waals surface area contributed by atoms with Crippen molar-refractivity contribution in [2.75, 3.05) is 37.5 Å². The van der Waals surface area contributed by atoms with E-state index in [1.165, 1.54) is 6.26 Å². The second kappa shape index (κ2) is 12.9. The van der Waals surface area contributed by atoms with Gasteiger partial charge in [0.25, 0.3) is 11.5 Å². The van der Waals surface area contributed by atoms with Gasteiger partial charge in [0.05, 0.1) is 53.7 Å². The molecule has 2 aromatic heterocycles. The molecule has 0 radical (unpaired) electrons. The molecular weight excluding hydrogens is 602 g/mol. The van der Waals surface area contributed by atoms with E-state index in [0.717, 1.165) is 11.1 Å². The van der Waals surface area contributed by atoms with Crippen molar-refractivity contribution in [1.29, 1.82) is 0 Å².